The lowest BCUT2D eigenvalue weighted by molar-refractivity contribution is -0.121. The molecule has 74 valence electrons. The smallest absolute Gasteiger partial charge is 0.234 e. The third-order valence-corrected chi connectivity index (χ3v) is 2.50. The van der Waals surface area contributed by atoms with E-state index in [9.17, 15) is 9.90 Å². The van der Waals surface area contributed by atoms with Gasteiger partial charge in [-0.1, -0.05) is 18.2 Å². The SMILES string of the molecule is CC(C)(O)C1C(=O)Nc2ccccc21. The van der Waals surface area contributed by atoms with Crippen molar-refractivity contribution in [3.8, 4) is 0 Å². The number of para-hydroxylation sites is 1. The van der Waals surface area contributed by atoms with Gasteiger partial charge in [-0.3, -0.25) is 4.79 Å². The Morgan fingerprint density at radius 1 is 1.36 bits per heavy atom. The Morgan fingerprint density at radius 2 is 2.00 bits per heavy atom. The van der Waals surface area contributed by atoms with Crippen molar-refractivity contribution in [3.63, 3.8) is 0 Å². The third-order valence-electron chi connectivity index (χ3n) is 2.50. The second-order valence-corrected chi connectivity index (χ2v) is 4.16. The van der Waals surface area contributed by atoms with Gasteiger partial charge >= 0.3 is 0 Å². The van der Waals surface area contributed by atoms with E-state index in [1.807, 2.05) is 24.3 Å². The minimum Gasteiger partial charge on any atom is -0.389 e. The topological polar surface area (TPSA) is 49.3 Å². The molecule has 3 nitrogen and oxygen atoms in total. The molecule has 0 aliphatic carbocycles. The van der Waals surface area contributed by atoms with Crippen molar-refractivity contribution >= 4 is 11.6 Å². The number of amides is 1. The minimum atomic E-state index is -1.02. The fourth-order valence-corrected chi connectivity index (χ4v) is 1.91. The number of hydrogen-bond donors (Lipinski definition) is 2. The van der Waals surface area contributed by atoms with Gasteiger partial charge in [-0.2, -0.15) is 0 Å². The molecule has 14 heavy (non-hydrogen) atoms. The van der Waals surface area contributed by atoms with Gasteiger partial charge < -0.3 is 10.4 Å². The van der Waals surface area contributed by atoms with Gasteiger partial charge in [-0.25, -0.2) is 0 Å². The van der Waals surface area contributed by atoms with E-state index in [1.54, 1.807) is 13.8 Å². The van der Waals surface area contributed by atoms with Crippen LogP contribution in [-0.4, -0.2) is 16.6 Å². The zero-order valence-corrected chi connectivity index (χ0v) is 8.24. The quantitative estimate of drug-likeness (QED) is 0.706. The van der Waals surface area contributed by atoms with Gasteiger partial charge in [0, 0.05) is 5.69 Å². The fraction of sp³-hybridized carbons (Fsp3) is 0.364. The molecule has 2 rings (SSSR count). The van der Waals surface area contributed by atoms with Crippen LogP contribution in [0.2, 0.25) is 0 Å². The maximum atomic E-state index is 11.6. The first kappa shape index (κ1) is 9.21. The molecule has 0 radical (unpaired) electrons. The van der Waals surface area contributed by atoms with Crippen LogP contribution in [-0.2, 0) is 4.79 Å². The summed E-state index contributed by atoms with van der Waals surface area (Å²) in [7, 11) is 0. The molecule has 0 aromatic heterocycles. The first-order valence-corrected chi connectivity index (χ1v) is 4.62. The summed E-state index contributed by atoms with van der Waals surface area (Å²) in [5.74, 6) is -0.586. The second-order valence-electron chi connectivity index (χ2n) is 4.16. The number of hydrogen-bond acceptors (Lipinski definition) is 2. The number of carbonyl (C=O) groups is 1. The lowest BCUT2D eigenvalue weighted by Gasteiger charge is -2.23. The summed E-state index contributed by atoms with van der Waals surface area (Å²) in [6, 6.07) is 7.46. The zero-order chi connectivity index (χ0) is 10.3. The van der Waals surface area contributed by atoms with E-state index in [0.717, 1.165) is 11.3 Å². The van der Waals surface area contributed by atoms with Crippen LogP contribution in [0.5, 0.6) is 0 Å². The van der Waals surface area contributed by atoms with Gasteiger partial charge in [0.25, 0.3) is 0 Å². The molecule has 0 saturated heterocycles. The number of rotatable bonds is 1. The van der Waals surface area contributed by atoms with Crippen LogP contribution < -0.4 is 5.32 Å². The summed E-state index contributed by atoms with van der Waals surface area (Å²) in [5, 5.41) is 12.6. The molecule has 1 aliphatic rings. The van der Waals surface area contributed by atoms with Crippen molar-refractivity contribution in [2.45, 2.75) is 25.4 Å². The van der Waals surface area contributed by atoms with E-state index in [4.69, 9.17) is 0 Å². The molecular formula is C11H13NO2. The Balaban J connectivity index is 2.50. The first-order chi connectivity index (χ1) is 6.50. The molecule has 3 heteroatoms. The minimum absolute atomic E-state index is 0.126. The number of aliphatic hydroxyl groups is 1. The predicted octanol–water partition coefficient (Wildman–Crippen LogP) is 1.49. The van der Waals surface area contributed by atoms with Gasteiger partial charge in [-0.05, 0) is 25.5 Å². The molecular weight excluding hydrogens is 178 g/mol. The largest absolute Gasteiger partial charge is 0.389 e. The van der Waals surface area contributed by atoms with E-state index in [2.05, 4.69) is 5.32 Å². The number of nitrogens with one attached hydrogen (secondary N) is 1. The van der Waals surface area contributed by atoms with Crippen molar-refractivity contribution in [1.29, 1.82) is 0 Å². The summed E-state index contributed by atoms with van der Waals surface area (Å²) >= 11 is 0. The van der Waals surface area contributed by atoms with E-state index in [1.165, 1.54) is 0 Å². The lowest BCUT2D eigenvalue weighted by atomic mass is 9.86. The third kappa shape index (κ3) is 1.30. The number of benzene rings is 1. The van der Waals surface area contributed by atoms with E-state index in [0.29, 0.717) is 0 Å². The highest BCUT2D eigenvalue weighted by Gasteiger charge is 2.40. The molecule has 0 fully saturated rings. The van der Waals surface area contributed by atoms with Crippen LogP contribution in [0.4, 0.5) is 5.69 Å². The molecule has 1 unspecified atom stereocenters. The molecule has 0 saturated carbocycles. The molecule has 1 heterocycles. The highest BCUT2D eigenvalue weighted by Crippen LogP contribution is 2.38. The van der Waals surface area contributed by atoms with Gasteiger partial charge in [0.1, 0.15) is 0 Å². The maximum absolute atomic E-state index is 11.6. The van der Waals surface area contributed by atoms with Crippen LogP contribution in [0.15, 0.2) is 24.3 Å². The monoisotopic (exact) mass is 191 g/mol. The van der Waals surface area contributed by atoms with Crippen molar-refractivity contribution < 1.29 is 9.90 Å². The summed E-state index contributed by atoms with van der Waals surface area (Å²) in [4.78, 5) is 11.6. The van der Waals surface area contributed by atoms with E-state index < -0.39 is 11.5 Å². The average Bonchev–Trinajstić information content (AvgIpc) is 2.38. The van der Waals surface area contributed by atoms with Crippen LogP contribution >= 0.6 is 0 Å². The molecule has 1 aromatic rings. The van der Waals surface area contributed by atoms with Crippen LogP contribution in [0.3, 0.4) is 0 Å². The van der Waals surface area contributed by atoms with Gasteiger partial charge in [0.05, 0.1) is 11.5 Å². The number of fused-ring (bicyclic) bond motifs is 1. The predicted molar refractivity (Wildman–Crippen MR) is 54.1 cm³/mol. The Bertz CT molecular complexity index is 379. The van der Waals surface area contributed by atoms with Gasteiger partial charge in [0.15, 0.2) is 0 Å². The van der Waals surface area contributed by atoms with Crippen LogP contribution in [0.25, 0.3) is 0 Å². The standard InChI is InChI=1S/C11H13NO2/c1-11(2,14)9-7-5-3-4-6-8(7)12-10(9)13/h3-6,9,14H,1-2H3,(H,12,13). The maximum Gasteiger partial charge on any atom is 0.234 e. The van der Waals surface area contributed by atoms with Crippen LogP contribution in [0, 0.1) is 0 Å². The fourth-order valence-electron chi connectivity index (χ4n) is 1.91. The molecule has 1 amide bonds. The van der Waals surface area contributed by atoms with Gasteiger partial charge in [0.2, 0.25) is 5.91 Å². The van der Waals surface area contributed by atoms with Gasteiger partial charge in [-0.15, -0.1) is 0 Å². The Hall–Kier alpha value is -1.35. The molecule has 0 spiro atoms. The summed E-state index contributed by atoms with van der Waals surface area (Å²) < 4.78 is 0. The zero-order valence-electron chi connectivity index (χ0n) is 8.24. The molecule has 1 atom stereocenters. The van der Waals surface area contributed by atoms with E-state index >= 15 is 0 Å². The highest BCUT2D eigenvalue weighted by atomic mass is 16.3. The first-order valence-electron chi connectivity index (χ1n) is 4.62. The lowest BCUT2D eigenvalue weighted by Crippen LogP contribution is -2.33. The molecule has 1 aliphatic heterocycles. The van der Waals surface area contributed by atoms with Crippen LogP contribution in [0.1, 0.15) is 25.3 Å². The van der Waals surface area contributed by atoms with Crippen molar-refractivity contribution in [2.24, 2.45) is 0 Å². The van der Waals surface area contributed by atoms with Crippen molar-refractivity contribution in [1.82, 2.24) is 0 Å². The highest BCUT2D eigenvalue weighted by molar-refractivity contribution is 6.03. The molecule has 2 N–H and O–H groups in total. The van der Waals surface area contributed by atoms with Crippen molar-refractivity contribution in [3.05, 3.63) is 29.8 Å². The Labute approximate surface area is 82.8 Å². The second kappa shape index (κ2) is 2.82. The summed E-state index contributed by atoms with van der Waals surface area (Å²) in [5.41, 5.74) is 0.672. The molecule has 0 bridgehead atoms. The summed E-state index contributed by atoms with van der Waals surface area (Å²) in [6.07, 6.45) is 0. The Kier molecular flexibility index (Phi) is 1.86. The average molecular weight is 191 g/mol. The normalized spacial score (nSPS) is 20.5. The van der Waals surface area contributed by atoms with Crippen molar-refractivity contribution in [2.75, 3.05) is 5.32 Å². The number of anilines is 1. The number of carbonyl (C=O) groups excluding carboxylic acids is 1. The van der Waals surface area contributed by atoms with E-state index in [-0.39, 0.29) is 5.91 Å². The Morgan fingerprint density at radius 3 is 2.64 bits per heavy atom. The molecule has 1 aromatic carbocycles. The summed E-state index contributed by atoms with van der Waals surface area (Å²) in [6.45, 7) is 3.30.